The highest BCUT2D eigenvalue weighted by molar-refractivity contribution is 7.93. The number of nitrogens with two attached hydrogens (primary N) is 1. The molecule has 3 N–H and O–H groups in total. The Hall–Kier alpha value is -2.80. The van der Waals surface area contributed by atoms with E-state index < -0.39 is 37.7 Å². The number of amides is 2. The minimum Gasteiger partial charge on any atom is -0.477 e. The van der Waals surface area contributed by atoms with E-state index in [0.717, 1.165) is 0 Å². The number of carbonyl (C=O) groups excluding carboxylic acids is 1. The Morgan fingerprint density at radius 1 is 1.28 bits per heavy atom. The lowest BCUT2D eigenvalue weighted by Gasteiger charge is -2.19. The molecule has 0 radical (unpaired) electrons. The Morgan fingerprint density at radius 3 is 2.44 bits per heavy atom. The van der Waals surface area contributed by atoms with E-state index in [-0.39, 0.29) is 21.7 Å². The van der Waals surface area contributed by atoms with E-state index in [0.29, 0.717) is 11.3 Å². The third-order valence-corrected chi connectivity index (χ3v) is 5.97. The number of thiophene rings is 1. The number of carboxylic acids is 1. The van der Waals surface area contributed by atoms with Crippen molar-refractivity contribution in [3.8, 4) is 6.01 Å². The van der Waals surface area contributed by atoms with Crippen LogP contribution in [0.25, 0.3) is 0 Å². The molecule has 0 aliphatic carbocycles. The molecule has 13 heteroatoms. The molecule has 0 saturated heterocycles. The number of carbonyl (C=O) groups is 2. The second-order valence-corrected chi connectivity index (χ2v) is 7.26. The number of aryl methyl sites for hydroxylation is 2. The lowest BCUT2D eigenvalue weighted by molar-refractivity contribution is 0.0698. The summed E-state index contributed by atoms with van der Waals surface area (Å²) in [5.41, 5.74) is 5.35. The molecule has 2 aromatic heterocycles. The summed E-state index contributed by atoms with van der Waals surface area (Å²) in [4.78, 5) is 33.4. The summed E-state index contributed by atoms with van der Waals surface area (Å²) in [6, 6.07) is -1.64. The fraction of sp³-hybridized carbons (Fsp3) is 0.250. The fourth-order valence-corrected chi connectivity index (χ4v) is 4.76. The van der Waals surface area contributed by atoms with Gasteiger partial charge in [-0.3, -0.25) is 0 Å². The van der Waals surface area contributed by atoms with Gasteiger partial charge in [-0.15, -0.1) is 15.6 Å². The van der Waals surface area contributed by atoms with Gasteiger partial charge in [0.25, 0.3) is 16.0 Å². The van der Waals surface area contributed by atoms with E-state index in [2.05, 4.69) is 15.0 Å². The van der Waals surface area contributed by atoms with Gasteiger partial charge in [-0.2, -0.15) is 15.0 Å². The van der Waals surface area contributed by atoms with Crippen LogP contribution in [0.1, 0.15) is 21.1 Å². The molecule has 0 aliphatic heterocycles. The van der Waals surface area contributed by atoms with Crippen molar-refractivity contribution in [3.05, 3.63) is 21.6 Å². The molecule has 0 unspecified atom stereocenters. The van der Waals surface area contributed by atoms with Gasteiger partial charge in [0.1, 0.15) is 15.6 Å². The van der Waals surface area contributed by atoms with Gasteiger partial charge in [0, 0.05) is 0 Å². The highest BCUT2D eigenvalue weighted by atomic mass is 32.2. The SMILES string of the molecule is COc1nc(C)nc(N(C(N)=O)S(=O)(=O)c2c(C)csc2C(=O)O)n1. The molecule has 25 heavy (non-hydrogen) atoms. The van der Waals surface area contributed by atoms with Crippen LogP contribution < -0.4 is 14.8 Å². The summed E-state index contributed by atoms with van der Waals surface area (Å²) in [6.45, 7) is 2.83. The second-order valence-electron chi connectivity index (χ2n) is 4.66. The number of primary amides is 1. The molecule has 0 aromatic carbocycles. The van der Waals surface area contributed by atoms with Crippen molar-refractivity contribution in [1.82, 2.24) is 15.0 Å². The number of urea groups is 1. The van der Waals surface area contributed by atoms with Crippen molar-refractivity contribution in [3.63, 3.8) is 0 Å². The number of hydrogen-bond acceptors (Lipinski definition) is 9. The number of methoxy groups -OCH3 is 1. The zero-order valence-electron chi connectivity index (χ0n) is 13.2. The zero-order valence-corrected chi connectivity index (χ0v) is 14.9. The lowest BCUT2D eigenvalue weighted by atomic mass is 10.3. The molecule has 0 atom stereocenters. The number of rotatable bonds is 5. The molecule has 2 amide bonds. The first kappa shape index (κ1) is 18.5. The standard InChI is InChI=1S/C12H13N5O6S2/c1-5-4-24-7(9(18)19)8(5)25(21,22)17(10(13)20)11-14-6(2)15-12(16-11)23-3/h4H,1-3H3,(H2,13,20)(H,18,19). The number of nitrogens with zero attached hydrogens (tertiary/aromatic N) is 4. The summed E-state index contributed by atoms with van der Waals surface area (Å²) in [6.07, 6.45) is 0. The number of aromatic carboxylic acids is 1. The van der Waals surface area contributed by atoms with Crippen molar-refractivity contribution >= 4 is 39.3 Å². The van der Waals surface area contributed by atoms with E-state index >= 15 is 0 Å². The zero-order chi connectivity index (χ0) is 18.9. The summed E-state index contributed by atoms with van der Waals surface area (Å²) < 4.78 is 30.8. The van der Waals surface area contributed by atoms with Crippen molar-refractivity contribution in [2.75, 3.05) is 11.4 Å². The first-order valence-electron chi connectivity index (χ1n) is 6.52. The normalized spacial score (nSPS) is 11.2. The second kappa shape index (κ2) is 6.60. The molecular weight excluding hydrogens is 374 g/mol. The minimum absolute atomic E-state index is 0.0730. The van der Waals surface area contributed by atoms with Gasteiger partial charge < -0.3 is 15.6 Å². The van der Waals surface area contributed by atoms with E-state index in [1.807, 2.05) is 0 Å². The van der Waals surface area contributed by atoms with E-state index in [1.165, 1.54) is 26.3 Å². The average Bonchev–Trinajstić information content (AvgIpc) is 2.88. The highest BCUT2D eigenvalue weighted by Crippen LogP contribution is 2.31. The molecule has 134 valence electrons. The first-order chi connectivity index (χ1) is 11.6. The Kier molecular flexibility index (Phi) is 4.89. The van der Waals surface area contributed by atoms with Crippen LogP contribution in [0.3, 0.4) is 0 Å². The summed E-state index contributed by atoms with van der Waals surface area (Å²) >= 11 is 0.711. The summed E-state index contributed by atoms with van der Waals surface area (Å²) in [5, 5.41) is 10.6. The van der Waals surface area contributed by atoms with E-state index in [9.17, 15) is 23.1 Å². The van der Waals surface area contributed by atoms with Crippen molar-refractivity contribution in [1.29, 1.82) is 0 Å². The Balaban J connectivity index is 2.74. The van der Waals surface area contributed by atoms with Gasteiger partial charge >= 0.3 is 18.0 Å². The Bertz CT molecular complexity index is 955. The molecule has 0 aliphatic rings. The van der Waals surface area contributed by atoms with Crippen LogP contribution in [0.15, 0.2) is 10.3 Å². The number of anilines is 1. The molecule has 2 rings (SSSR count). The van der Waals surface area contributed by atoms with Crippen molar-refractivity contribution in [2.24, 2.45) is 5.73 Å². The minimum atomic E-state index is -4.68. The van der Waals surface area contributed by atoms with Gasteiger partial charge in [0.05, 0.1) is 7.11 Å². The molecule has 0 fully saturated rings. The summed E-state index contributed by atoms with van der Waals surface area (Å²) in [5.74, 6) is -1.98. The third-order valence-electron chi connectivity index (χ3n) is 2.89. The monoisotopic (exact) mass is 387 g/mol. The van der Waals surface area contributed by atoms with Gasteiger partial charge in [-0.1, -0.05) is 0 Å². The van der Waals surface area contributed by atoms with Gasteiger partial charge in [0.2, 0.25) is 0 Å². The topological polar surface area (TPSA) is 166 Å². The Morgan fingerprint density at radius 2 is 1.92 bits per heavy atom. The molecule has 0 bridgehead atoms. The number of hydrogen-bond donors (Lipinski definition) is 2. The smallest absolute Gasteiger partial charge is 0.347 e. The average molecular weight is 387 g/mol. The number of sulfonamides is 1. The molecule has 0 spiro atoms. The van der Waals surface area contributed by atoms with Crippen LogP contribution in [0.4, 0.5) is 10.7 Å². The van der Waals surface area contributed by atoms with Gasteiger partial charge in [-0.05, 0) is 24.8 Å². The molecule has 11 nitrogen and oxygen atoms in total. The van der Waals surface area contributed by atoms with E-state index in [1.54, 1.807) is 0 Å². The number of carboxylic acid groups (broad SMARTS) is 1. The number of ether oxygens (including phenoxy) is 1. The third kappa shape index (κ3) is 3.36. The molecular formula is C12H13N5O6S2. The van der Waals surface area contributed by atoms with Crippen molar-refractivity contribution in [2.45, 2.75) is 18.7 Å². The van der Waals surface area contributed by atoms with Crippen LogP contribution in [0.2, 0.25) is 0 Å². The molecule has 2 heterocycles. The van der Waals surface area contributed by atoms with Crippen LogP contribution in [-0.4, -0.2) is 47.6 Å². The fourth-order valence-electron chi connectivity index (χ4n) is 1.94. The van der Waals surface area contributed by atoms with Gasteiger partial charge in [-0.25, -0.2) is 18.0 Å². The van der Waals surface area contributed by atoms with E-state index in [4.69, 9.17) is 10.5 Å². The predicted octanol–water partition coefficient (Wildman–Crippen LogP) is 0.531. The quantitative estimate of drug-likeness (QED) is 0.744. The molecule has 0 saturated carbocycles. The maximum Gasteiger partial charge on any atom is 0.347 e. The van der Waals surface area contributed by atoms with Crippen LogP contribution in [0, 0.1) is 13.8 Å². The van der Waals surface area contributed by atoms with Crippen molar-refractivity contribution < 1.29 is 27.9 Å². The maximum atomic E-state index is 12.9. The van der Waals surface area contributed by atoms with Gasteiger partial charge in [0.15, 0.2) is 0 Å². The predicted molar refractivity (Wildman–Crippen MR) is 86.4 cm³/mol. The number of aromatic nitrogens is 3. The van der Waals surface area contributed by atoms with Crippen LogP contribution in [0.5, 0.6) is 6.01 Å². The lowest BCUT2D eigenvalue weighted by Crippen LogP contribution is -2.42. The molecule has 2 aromatic rings. The highest BCUT2D eigenvalue weighted by Gasteiger charge is 2.37. The Labute approximate surface area is 146 Å². The van der Waals surface area contributed by atoms with Crippen LogP contribution in [-0.2, 0) is 10.0 Å². The largest absolute Gasteiger partial charge is 0.477 e. The summed E-state index contributed by atoms with van der Waals surface area (Å²) in [7, 11) is -3.43. The first-order valence-corrected chi connectivity index (χ1v) is 8.84. The van der Waals surface area contributed by atoms with Crippen LogP contribution >= 0.6 is 11.3 Å². The maximum absolute atomic E-state index is 12.9.